The number of carboxylic acids is 1. The van der Waals surface area contributed by atoms with Crippen LogP contribution in [0.2, 0.25) is 0 Å². The number of ether oxygens (including phenoxy) is 1. The SMILES string of the molecule is C[C@@H](/C=C1/CCC[C@H]1C(=O)O)N(Cc1ccccc1)C(=O)OC(C)(C)C. The van der Waals surface area contributed by atoms with Crippen LogP contribution in [-0.2, 0) is 16.1 Å². The number of amides is 1. The van der Waals surface area contributed by atoms with Crippen molar-refractivity contribution in [3.63, 3.8) is 0 Å². The standard InChI is InChI=1S/C21H29NO4/c1-15(13-17-11-8-12-18(17)19(23)24)22(20(25)26-21(2,3)4)14-16-9-6-5-7-10-16/h5-7,9-10,13,15,18H,8,11-12,14H2,1-4H3,(H,23,24)/b17-13-/t15-,18+/m0/s1. The van der Waals surface area contributed by atoms with Crippen molar-refractivity contribution in [3.05, 3.63) is 47.5 Å². The molecule has 5 heteroatoms. The van der Waals surface area contributed by atoms with Crippen molar-refractivity contribution in [3.8, 4) is 0 Å². The molecule has 2 rings (SSSR count). The van der Waals surface area contributed by atoms with Gasteiger partial charge >= 0.3 is 12.1 Å². The third kappa shape index (κ3) is 5.61. The fraction of sp³-hybridized carbons (Fsp3) is 0.524. The molecule has 5 nitrogen and oxygen atoms in total. The maximum absolute atomic E-state index is 12.8. The highest BCUT2D eigenvalue weighted by atomic mass is 16.6. The molecule has 1 amide bonds. The Hall–Kier alpha value is -2.30. The lowest BCUT2D eigenvalue weighted by molar-refractivity contribution is -0.140. The van der Waals surface area contributed by atoms with Crippen LogP contribution in [0.4, 0.5) is 4.79 Å². The molecule has 0 aliphatic heterocycles. The topological polar surface area (TPSA) is 66.8 Å². The first kappa shape index (κ1) is 20.0. The number of carbonyl (C=O) groups excluding carboxylic acids is 1. The molecule has 26 heavy (non-hydrogen) atoms. The van der Waals surface area contributed by atoms with E-state index in [1.165, 1.54) is 0 Å². The lowest BCUT2D eigenvalue weighted by Gasteiger charge is -2.31. The van der Waals surface area contributed by atoms with E-state index in [1.54, 1.807) is 4.90 Å². The van der Waals surface area contributed by atoms with Gasteiger partial charge in [0.05, 0.1) is 12.0 Å². The fourth-order valence-electron chi connectivity index (χ4n) is 3.23. The van der Waals surface area contributed by atoms with Crippen LogP contribution in [0.25, 0.3) is 0 Å². The first-order chi connectivity index (χ1) is 12.2. The second-order valence-corrected chi connectivity index (χ2v) is 7.86. The summed E-state index contributed by atoms with van der Waals surface area (Å²) >= 11 is 0. The van der Waals surface area contributed by atoms with Gasteiger partial charge in [-0.2, -0.15) is 0 Å². The first-order valence-corrected chi connectivity index (χ1v) is 9.14. The summed E-state index contributed by atoms with van der Waals surface area (Å²) in [6.07, 6.45) is 3.85. The van der Waals surface area contributed by atoms with Crippen LogP contribution in [0, 0.1) is 5.92 Å². The molecule has 0 aromatic heterocycles. The second-order valence-electron chi connectivity index (χ2n) is 7.86. The fourth-order valence-corrected chi connectivity index (χ4v) is 3.23. The number of aliphatic carboxylic acids is 1. The maximum atomic E-state index is 12.8. The lowest BCUT2D eigenvalue weighted by atomic mass is 10.0. The van der Waals surface area contributed by atoms with E-state index in [-0.39, 0.29) is 6.04 Å². The molecule has 0 bridgehead atoms. The van der Waals surface area contributed by atoms with Gasteiger partial charge in [-0.25, -0.2) is 4.79 Å². The third-order valence-electron chi connectivity index (χ3n) is 4.47. The van der Waals surface area contributed by atoms with E-state index in [0.717, 1.165) is 24.0 Å². The van der Waals surface area contributed by atoms with E-state index in [4.69, 9.17) is 4.74 Å². The summed E-state index contributed by atoms with van der Waals surface area (Å²) in [4.78, 5) is 25.8. The summed E-state index contributed by atoms with van der Waals surface area (Å²) in [5.74, 6) is -1.22. The predicted molar refractivity (Wildman–Crippen MR) is 101 cm³/mol. The minimum absolute atomic E-state index is 0.250. The monoisotopic (exact) mass is 359 g/mol. The van der Waals surface area contributed by atoms with Crippen molar-refractivity contribution in [2.45, 2.75) is 65.1 Å². The van der Waals surface area contributed by atoms with Crippen LogP contribution in [-0.4, -0.2) is 33.7 Å². The normalized spacial score (nSPS) is 20.0. The van der Waals surface area contributed by atoms with E-state index in [0.29, 0.717) is 13.0 Å². The van der Waals surface area contributed by atoms with Gasteiger partial charge in [0.15, 0.2) is 0 Å². The molecule has 1 aliphatic rings. The molecule has 1 aliphatic carbocycles. The van der Waals surface area contributed by atoms with E-state index >= 15 is 0 Å². The molecule has 1 N–H and O–H groups in total. The van der Waals surface area contributed by atoms with E-state index in [9.17, 15) is 14.7 Å². The van der Waals surface area contributed by atoms with Crippen molar-refractivity contribution in [1.29, 1.82) is 0 Å². The van der Waals surface area contributed by atoms with Gasteiger partial charge in [0, 0.05) is 6.54 Å². The Morgan fingerprint density at radius 2 is 1.96 bits per heavy atom. The second kappa shape index (κ2) is 8.39. The Morgan fingerprint density at radius 3 is 2.54 bits per heavy atom. The van der Waals surface area contributed by atoms with Crippen LogP contribution in [0.15, 0.2) is 42.0 Å². The molecular weight excluding hydrogens is 330 g/mol. The summed E-state index contributed by atoms with van der Waals surface area (Å²) in [7, 11) is 0. The molecule has 0 spiro atoms. The van der Waals surface area contributed by atoms with Gasteiger partial charge in [-0.05, 0) is 52.5 Å². The molecule has 0 unspecified atom stereocenters. The van der Waals surface area contributed by atoms with Gasteiger partial charge in [-0.1, -0.05) is 42.0 Å². The van der Waals surface area contributed by atoms with E-state index in [2.05, 4.69) is 0 Å². The summed E-state index contributed by atoms with van der Waals surface area (Å²) in [6.45, 7) is 7.85. The molecule has 1 fully saturated rings. The highest BCUT2D eigenvalue weighted by molar-refractivity contribution is 5.74. The predicted octanol–water partition coefficient (Wildman–Crippen LogP) is 4.62. The zero-order chi connectivity index (χ0) is 19.3. The summed E-state index contributed by atoms with van der Waals surface area (Å²) < 4.78 is 5.57. The van der Waals surface area contributed by atoms with Gasteiger partial charge in [-0.3, -0.25) is 9.69 Å². The number of hydrogen-bond donors (Lipinski definition) is 1. The number of hydrogen-bond acceptors (Lipinski definition) is 3. The average Bonchev–Trinajstić information content (AvgIpc) is 3.00. The van der Waals surface area contributed by atoms with Gasteiger partial charge in [-0.15, -0.1) is 0 Å². The minimum Gasteiger partial charge on any atom is -0.481 e. The molecular formula is C21H29NO4. The van der Waals surface area contributed by atoms with Gasteiger partial charge in [0.2, 0.25) is 0 Å². The van der Waals surface area contributed by atoms with Crippen LogP contribution in [0.1, 0.15) is 52.5 Å². The van der Waals surface area contributed by atoms with Crippen molar-refractivity contribution < 1.29 is 19.4 Å². The zero-order valence-electron chi connectivity index (χ0n) is 16.1. The Balaban J connectivity index is 2.24. The van der Waals surface area contributed by atoms with Crippen molar-refractivity contribution in [1.82, 2.24) is 4.90 Å². The van der Waals surface area contributed by atoms with Crippen LogP contribution in [0.5, 0.6) is 0 Å². The van der Waals surface area contributed by atoms with E-state index in [1.807, 2.05) is 64.1 Å². The Bertz CT molecular complexity index is 660. The molecule has 0 saturated heterocycles. The molecule has 2 atom stereocenters. The summed E-state index contributed by atoms with van der Waals surface area (Å²) in [6, 6.07) is 9.48. The number of carbonyl (C=O) groups is 2. The highest BCUT2D eigenvalue weighted by Gasteiger charge is 2.30. The lowest BCUT2D eigenvalue weighted by Crippen LogP contribution is -2.41. The van der Waals surface area contributed by atoms with Crippen LogP contribution >= 0.6 is 0 Å². The zero-order valence-corrected chi connectivity index (χ0v) is 16.1. The minimum atomic E-state index is -0.784. The average molecular weight is 359 g/mol. The Labute approximate surface area is 155 Å². The Morgan fingerprint density at radius 1 is 1.31 bits per heavy atom. The first-order valence-electron chi connectivity index (χ1n) is 9.14. The smallest absolute Gasteiger partial charge is 0.411 e. The molecule has 1 aromatic rings. The third-order valence-corrected chi connectivity index (χ3v) is 4.47. The van der Waals surface area contributed by atoms with Crippen molar-refractivity contribution >= 4 is 12.1 Å². The largest absolute Gasteiger partial charge is 0.481 e. The summed E-state index contributed by atoms with van der Waals surface area (Å²) in [5.41, 5.74) is 1.33. The maximum Gasteiger partial charge on any atom is 0.411 e. The van der Waals surface area contributed by atoms with Crippen LogP contribution in [0.3, 0.4) is 0 Å². The molecule has 0 radical (unpaired) electrons. The quantitative estimate of drug-likeness (QED) is 0.779. The van der Waals surface area contributed by atoms with E-state index < -0.39 is 23.6 Å². The number of rotatable bonds is 5. The molecule has 1 saturated carbocycles. The summed E-state index contributed by atoms with van der Waals surface area (Å²) in [5, 5.41) is 9.39. The number of nitrogens with zero attached hydrogens (tertiary/aromatic N) is 1. The molecule has 0 heterocycles. The Kier molecular flexibility index (Phi) is 6.46. The number of benzene rings is 1. The van der Waals surface area contributed by atoms with Crippen molar-refractivity contribution in [2.24, 2.45) is 5.92 Å². The van der Waals surface area contributed by atoms with Crippen LogP contribution < -0.4 is 0 Å². The number of carboxylic acid groups (broad SMARTS) is 1. The molecule has 142 valence electrons. The van der Waals surface area contributed by atoms with Gasteiger partial charge in [0.1, 0.15) is 5.60 Å². The van der Waals surface area contributed by atoms with Crippen molar-refractivity contribution in [2.75, 3.05) is 0 Å². The highest BCUT2D eigenvalue weighted by Crippen LogP contribution is 2.32. The van der Waals surface area contributed by atoms with Gasteiger partial charge < -0.3 is 9.84 Å². The van der Waals surface area contributed by atoms with Gasteiger partial charge in [0.25, 0.3) is 0 Å². The molecule has 1 aromatic carbocycles.